The first-order valence-electron chi connectivity index (χ1n) is 7.05. The predicted molar refractivity (Wildman–Crippen MR) is 85.4 cm³/mol. The van der Waals surface area contributed by atoms with Crippen molar-refractivity contribution in [2.75, 3.05) is 26.7 Å². The van der Waals surface area contributed by atoms with Gasteiger partial charge in [-0.2, -0.15) is 13.2 Å². The van der Waals surface area contributed by atoms with Gasteiger partial charge >= 0.3 is 12.1 Å². The minimum absolute atomic E-state index is 0.131. The number of benzene rings is 1. The summed E-state index contributed by atoms with van der Waals surface area (Å²) in [5.74, 6) is -0.611. The molecule has 2 rings (SSSR count). The fourth-order valence-corrected chi connectivity index (χ4v) is 2.83. The molecule has 0 bridgehead atoms. The van der Waals surface area contributed by atoms with Crippen molar-refractivity contribution in [3.63, 3.8) is 0 Å². The van der Waals surface area contributed by atoms with Crippen LogP contribution in [-0.4, -0.2) is 42.7 Å². The summed E-state index contributed by atoms with van der Waals surface area (Å²) in [5.41, 5.74) is -0.359. The molecule has 4 nitrogen and oxygen atoms in total. The molecule has 1 aromatic carbocycles. The molecule has 0 saturated carbocycles. The van der Waals surface area contributed by atoms with Crippen LogP contribution in [0.1, 0.15) is 5.56 Å². The normalized spacial score (nSPS) is 11.7. The average Bonchev–Trinajstić information content (AvgIpc) is 2.99. The highest BCUT2D eigenvalue weighted by molar-refractivity contribution is 7.13. The summed E-state index contributed by atoms with van der Waals surface area (Å²) in [6.45, 7) is 0.388. The van der Waals surface area contributed by atoms with E-state index >= 15 is 0 Å². The lowest BCUT2D eigenvalue weighted by molar-refractivity contribution is -0.138. The van der Waals surface area contributed by atoms with Crippen LogP contribution in [0.4, 0.5) is 13.2 Å². The van der Waals surface area contributed by atoms with E-state index in [0.29, 0.717) is 22.7 Å². The van der Waals surface area contributed by atoms with Crippen LogP contribution >= 0.6 is 11.3 Å². The lowest BCUT2D eigenvalue weighted by Gasteiger charge is -2.17. The number of aliphatic carboxylic acids is 1. The van der Waals surface area contributed by atoms with Gasteiger partial charge in [-0.1, -0.05) is 6.07 Å². The summed E-state index contributed by atoms with van der Waals surface area (Å²) in [6, 6.07) is 6.83. The summed E-state index contributed by atoms with van der Waals surface area (Å²) >= 11 is 1.32. The Kier molecular flexibility index (Phi) is 5.84. The molecule has 0 aliphatic heterocycles. The molecule has 8 heteroatoms. The highest BCUT2D eigenvalue weighted by Crippen LogP contribution is 2.38. The van der Waals surface area contributed by atoms with Gasteiger partial charge in [-0.05, 0) is 36.7 Å². The monoisotopic (exact) mass is 359 g/mol. The maximum atomic E-state index is 12.9. The van der Waals surface area contributed by atoms with Crippen LogP contribution in [0, 0.1) is 0 Å². The van der Waals surface area contributed by atoms with Crippen LogP contribution in [0.3, 0.4) is 0 Å². The number of carboxylic acids is 1. The molecule has 0 atom stereocenters. The third-order valence-corrected chi connectivity index (χ3v) is 4.13. The van der Waals surface area contributed by atoms with Crippen molar-refractivity contribution in [2.45, 2.75) is 6.18 Å². The van der Waals surface area contributed by atoms with Crippen LogP contribution in [0.25, 0.3) is 10.4 Å². The first-order valence-corrected chi connectivity index (χ1v) is 7.93. The first kappa shape index (κ1) is 18.3. The molecule has 0 saturated heterocycles. The van der Waals surface area contributed by atoms with E-state index in [9.17, 15) is 18.0 Å². The van der Waals surface area contributed by atoms with E-state index in [1.54, 1.807) is 29.5 Å². The fraction of sp³-hybridized carbons (Fsp3) is 0.312. The van der Waals surface area contributed by atoms with Crippen LogP contribution in [0.5, 0.6) is 5.75 Å². The van der Waals surface area contributed by atoms with Gasteiger partial charge in [0, 0.05) is 17.0 Å². The van der Waals surface area contributed by atoms with Crippen molar-refractivity contribution >= 4 is 17.3 Å². The number of hydrogen-bond donors (Lipinski definition) is 1. The van der Waals surface area contributed by atoms with Crippen molar-refractivity contribution in [3.8, 4) is 16.2 Å². The molecule has 0 aliphatic carbocycles. The number of ether oxygens (including phenoxy) is 1. The van der Waals surface area contributed by atoms with Crippen LogP contribution in [0.15, 0.2) is 35.7 Å². The van der Waals surface area contributed by atoms with Crippen LogP contribution in [-0.2, 0) is 11.0 Å². The molecular weight excluding hydrogens is 343 g/mol. The fourth-order valence-electron chi connectivity index (χ4n) is 2.08. The second-order valence-electron chi connectivity index (χ2n) is 5.17. The molecule has 1 aromatic heterocycles. The molecule has 0 radical (unpaired) electrons. The Morgan fingerprint density at radius 3 is 2.67 bits per heavy atom. The van der Waals surface area contributed by atoms with Gasteiger partial charge in [-0.25, -0.2) is 0 Å². The molecule has 0 fully saturated rings. The Labute approximate surface area is 141 Å². The van der Waals surface area contributed by atoms with Crippen molar-refractivity contribution in [1.29, 1.82) is 0 Å². The van der Waals surface area contributed by atoms with Gasteiger partial charge in [0.05, 0.1) is 12.1 Å². The van der Waals surface area contributed by atoms with E-state index in [1.165, 1.54) is 17.4 Å². The number of nitrogens with zero attached hydrogens (tertiary/aromatic N) is 1. The maximum absolute atomic E-state index is 12.9. The third kappa shape index (κ3) is 4.97. The second kappa shape index (κ2) is 7.67. The average molecular weight is 359 g/mol. The van der Waals surface area contributed by atoms with Gasteiger partial charge in [-0.3, -0.25) is 9.69 Å². The number of hydrogen-bond acceptors (Lipinski definition) is 4. The predicted octanol–water partition coefficient (Wildman–Crippen LogP) is 3.83. The summed E-state index contributed by atoms with van der Waals surface area (Å²) < 4.78 is 44.3. The smallest absolute Gasteiger partial charge is 0.416 e. The van der Waals surface area contributed by atoms with E-state index in [1.807, 2.05) is 0 Å². The van der Waals surface area contributed by atoms with Crippen LogP contribution in [0.2, 0.25) is 0 Å². The summed E-state index contributed by atoms with van der Waals surface area (Å²) in [6.07, 6.45) is -4.42. The van der Waals surface area contributed by atoms with Crippen LogP contribution < -0.4 is 4.74 Å². The van der Waals surface area contributed by atoms with Crippen molar-refractivity contribution in [3.05, 3.63) is 41.3 Å². The molecule has 24 heavy (non-hydrogen) atoms. The molecule has 1 N–H and O–H groups in total. The number of likely N-dealkylation sites (N-methyl/N-ethyl adjacent to an activating group) is 1. The zero-order valence-electron chi connectivity index (χ0n) is 12.8. The molecular formula is C16H16F3NO3S. The Bertz CT molecular complexity index is 686. The standard InChI is InChI=1S/C16H16F3NO3S/c1-20(10-15(21)22)6-7-23-13-5-4-11(16(17,18)19)9-12(13)14-3-2-8-24-14/h2-5,8-9H,6-7,10H2,1H3,(H,21,22). The lowest BCUT2D eigenvalue weighted by atomic mass is 10.1. The van der Waals surface area contributed by atoms with E-state index in [0.717, 1.165) is 12.1 Å². The number of thiophene rings is 1. The van der Waals surface area contributed by atoms with E-state index < -0.39 is 17.7 Å². The summed E-state index contributed by atoms with van der Waals surface area (Å²) in [7, 11) is 1.63. The Balaban J connectivity index is 2.16. The van der Waals surface area contributed by atoms with Gasteiger partial charge < -0.3 is 9.84 Å². The van der Waals surface area contributed by atoms with Gasteiger partial charge in [0.1, 0.15) is 12.4 Å². The molecule has 0 aliphatic rings. The molecule has 0 amide bonds. The van der Waals surface area contributed by atoms with E-state index in [-0.39, 0.29) is 13.2 Å². The van der Waals surface area contributed by atoms with Crippen molar-refractivity contribution in [1.82, 2.24) is 4.90 Å². The zero-order chi connectivity index (χ0) is 17.7. The zero-order valence-corrected chi connectivity index (χ0v) is 13.7. The quantitative estimate of drug-likeness (QED) is 0.816. The molecule has 130 valence electrons. The largest absolute Gasteiger partial charge is 0.492 e. The lowest BCUT2D eigenvalue weighted by Crippen LogP contribution is -2.29. The third-order valence-electron chi connectivity index (χ3n) is 3.23. The Hall–Kier alpha value is -2.06. The highest BCUT2D eigenvalue weighted by Gasteiger charge is 2.31. The number of carboxylic acid groups (broad SMARTS) is 1. The highest BCUT2D eigenvalue weighted by atomic mass is 32.1. The van der Waals surface area contributed by atoms with Crippen molar-refractivity contribution in [2.24, 2.45) is 0 Å². The maximum Gasteiger partial charge on any atom is 0.416 e. The Morgan fingerprint density at radius 2 is 2.08 bits per heavy atom. The van der Waals surface area contributed by atoms with Gasteiger partial charge in [-0.15, -0.1) is 11.3 Å². The van der Waals surface area contributed by atoms with E-state index in [4.69, 9.17) is 9.84 Å². The van der Waals surface area contributed by atoms with Gasteiger partial charge in [0.2, 0.25) is 0 Å². The minimum Gasteiger partial charge on any atom is -0.492 e. The van der Waals surface area contributed by atoms with E-state index in [2.05, 4.69) is 0 Å². The van der Waals surface area contributed by atoms with Gasteiger partial charge in [0.25, 0.3) is 0 Å². The number of carbonyl (C=O) groups is 1. The molecule has 0 unspecified atom stereocenters. The SMILES string of the molecule is CN(CCOc1ccc(C(F)(F)F)cc1-c1cccs1)CC(=O)O. The second-order valence-corrected chi connectivity index (χ2v) is 6.11. The molecule has 1 heterocycles. The first-order chi connectivity index (χ1) is 11.3. The minimum atomic E-state index is -4.42. The Morgan fingerprint density at radius 1 is 1.33 bits per heavy atom. The molecule has 0 spiro atoms. The number of halogens is 3. The van der Waals surface area contributed by atoms with Gasteiger partial charge in [0.15, 0.2) is 0 Å². The summed E-state index contributed by atoms with van der Waals surface area (Å²) in [4.78, 5) is 12.8. The summed E-state index contributed by atoms with van der Waals surface area (Å²) in [5, 5.41) is 10.5. The number of rotatable bonds is 7. The number of alkyl halides is 3. The molecule has 2 aromatic rings. The topological polar surface area (TPSA) is 49.8 Å². The van der Waals surface area contributed by atoms with Crippen molar-refractivity contribution < 1.29 is 27.8 Å².